The number of imide groups is 1. The maximum Gasteiger partial charge on any atom is 0.315 e. The number of nitrogens with zero attached hydrogens (tertiary/aromatic N) is 1. The molecule has 0 spiro atoms. The Labute approximate surface area is 194 Å². The van der Waals surface area contributed by atoms with Crippen molar-refractivity contribution in [3.8, 4) is 0 Å². The number of piperidine rings is 1. The largest absolute Gasteiger partial charge is 0.334 e. The lowest BCUT2D eigenvalue weighted by Gasteiger charge is -2.29. The summed E-state index contributed by atoms with van der Waals surface area (Å²) < 4.78 is 1.16. The van der Waals surface area contributed by atoms with E-state index in [9.17, 15) is 19.2 Å². The van der Waals surface area contributed by atoms with Gasteiger partial charge in [-0.1, -0.05) is 30.3 Å². The highest BCUT2D eigenvalue weighted by atomic mass is 32.1. The van der Waals surface area contributed by atoms with E-state index in [0.717, 1.165) is 26.8 Å². The molecule has 2 aliphatic rings. The summed E-state index contributed by atoms with van der Waals surface area (Å²) in [5.41, 5.74) is 3.22. The number of amides is 5. The van der Waals surface area contributed by atoms with Gasteiger partial charge in [-0.05, 0) is 46.0 Å². The van der Waals surface area contributed by atoms with Crippen LogP contribution in [-0.2, 0) is 29.2 Å². The molecule has 9 heteroatoms. The van der Waals surface area contributed by atoms with Crippen LogP contribution >= 0.6 is 11.3 Å². The van der Waals surface area contributed by atoms with Crippen LogP contribution in [0, 0.1) is 0 Å². The molecule has 1 fully saturated rings. The van der Waals surface area contributed by atoms with Gasteiger partial charge in [0.05, 0.1) is 0 Å². The topological polar surface area (TPSA) is 108 Å². The number of benzene rings is 2. The first kappa shape index (κ1) is 21.1. The summed E-state index contributed by atoms with van der Waals surface area (Å²) in [6.07, 6.45) is 0.556. The number of rotatable bonds is 5. The number of urea groups is 1. The zero-order chi connectivity index (χ0) is 22.9. The van der Waals surface area contributed by atoms with Gasteiger partial charge in [0.1, 0.15) is 6.04 Å². The van der Waals surface area contributed by atoms with Gasteiger partial charge >= 0.3 is 6.03 Å². The second-order valence-corrected chi connectivity index (χ2v) is 9.10. The van der Waals surface area contributed by atoms with Crippen LogP contribution in [0.25, 0.3) is 10.1 Å². The third-order valence-electron chi connectivity index (χ3n) is 6.05. The highest BCUT2D eigenvalue weighted by Gasteiger charge is 2.39. The number of hydrogen-bond donors (Lipinski definition) is 3. The molecule has 168 valence electrons. The molecule has 8 nitrogen and oxygen atoms in total. The van der Waals surface area contributed by atoms with Gasteiger partial charge in [0.2, 0.25) is 11.8 Å². The summed E-state index contributed by atoms with van der Waals surface area (Å²) in [5, 5.41) is 11.2. The zero-order valence-corrected chi connectivity index (χ0v) is 18.5. The third-order valence-corrected chi connectivity index (χ3v) is 7.05. The monoisotopic (exact) mass is 462 g/mol. The van der Waals surface area contributed by atoms with Crippen molar-refractivity contribution in [1.82, 2.24) is 20.9 Å². The summed E-state index contributed by atoms with van der Waals surface area (Å²) in [6, 6.07) is 12.6. The fraction of sp³-hybridized carbons (Fsp3) is 0.250. The van der Waals surface area contributed by atoms with Gasteiger partial charge in [0.25, 0.3) is 5.91 Å². The molecule has 3 aromatic rings. The summed E-state index contributed by atoms with van der Waals surface area (Å²) in [7, 11) is 0. The molecular formula is C24H22N4O4S. The average molecular weight is 463 g/mol. The van der Waals surface area contributed by atoms with Crippen molar-refractivity contribution in [2.45, 2.75) is 38.5 Å². The van der Waals surface area contributed by atoms with E-state index in [4.69, 9.17) is 0 Å². The molecule has 1 aromatic heterocycles. The molecule has 2 aromatic carbocycles. The fourth-order valence-electron chi connectivity index (χ4n) is 4.33. The Morgan fingerprint density at radius 3 is 2.79 bits per heavy atom. The summed E-state index contributed by atoms with van der Waals surface area (Å²) in [4.78, 5) is 50.3. The van der Waals surface area contributed by atoms with Gasteiger partial charge in [-0.15, -0.1) is 11.3 Å². The van der Waals surface area contributed by atoms with Gasteiger partial charge < -0.3 is 15.5 Å². The lowest BCUT2D eigenvalue weighted by Crippen LogP contribution is -2.52. The molecule has 1 unspecified atom stereocenters. The molecule has 33 heavy (non-hydrogen) atoms. The first-order chi connectivity index (χ1) is 16.0. The van der Waals surface area contributed by atoms with E-state index in [1.165, 1.54) is 4.90 Å². The molecule has 3 N–H and O–H groups in total. The number of fused-ring (bicyclic) bond motifs is 2. The highest BCUT2D eigenvalue weighted by molar-refractivity contribution is 7.17. The number of thiophene rings is 1. The second kappa shape index (κ2) is 8.67. The predicted octanol–water partition coefficient (Wildman–Crippen LogP) is 2.66. The van der Waals surface area contributed by atoms with Gasteiger partial charge in [-0.3, -0.25) is 19.7 Å². The van der Waals surface area contributed by atoms with Crippen molar-refractivity contribution < 1.29 is 19.2 Å². The predicted molar refractivity (Wildman–Crippen MR) is 123 cm³/mol. The van der Waals surface area contributed by atoms with Gasteiger partial charge in [-0.25, -0.2) is 4.79 Å². The molecule has 3 heterocycles. The van der Waals surface area contributed by atoms with Crippen LogP contribution < -0.4 is 16.0 Å². The zero-order valence-electron chi connectivity index (χ0n) is 17.7. The Morgan fingerprint density at radius 2 is 1.94 bits per heavy atom. The van der Waals surface area contributed by atoms with E-state index >= 15 is 0 Å². The van der Waals surface area contributed by atoms with Crippen LogP contribution in [0.4, 0.5) is 4.79 Å². The maximum absolute atomic E-state index is 12.9. The smallest absolute Gasteiger partial charge is 0.315 e. The first-order valence-electron chi connectivity index (χ1n) is 10.7. The Bertz CT molecular complexity index is 1280. The Kier molecular flexibility index (Phi) is 5.55. The molecule has 0 saturated carbocycles. The normalized spacial score (nSPS) is 17.8. The third kappa shape index (κ3) is 4.19. The summed E-state index contributed by atoms with van der Waals surface area (Å²) in [6.45, 7) is 1.03. The van der Waals surface area contributed by atoms with Crippen LogP contribution in [0.3, 0.4) is 0 Å². The molecule has 5 amide bonds. The fourth-order valence-corrected chi connectivity index (χ4v) is 5.24. The van der Waals surface area contributed by atoms with Gasteiger partial charge in [-0.2, -0.15) is 0 Å². The summed E-state index contributed by atoms with van der Waals surface area (Å²) in [5.74, 6) is -0.960. The lowest BCUT2D eigenvalue weighted by atomic mass is 10.0. The SMILES string of the molecule is O=C1CCC(N2Cc3ccc(CNC(=O)NCc4cccc5ccsc45)cc3C2=O)C(=O)N1. The van der Waals surface area contributed by atoms with Crippen LogP contribution in [-0.4, -0.2) is 34.7 Å². The molecule has 0 aliphatic carbocycles. The van der Waals surface area contributed by atoms with Crippen LogP contribution in [0.2, 0.25) is 0 Å². The van der Waals surface area contributed by atoms with Gasteiger partial charge in [0, 0.05) is 36.3 Å². The average Bonchev–Trinajstić information content (AvgIpc) is 3.41. The van der Waals surface area contributed by atoms with E-state index in [1.54, 1.807) is 17.4 Å². The molecule has 2 aliphatic heterocycles. The second-order valence-electron chi connectivity index (χ2n) is 8.18. The molecule has 0 bridgehead atoms. The first-order valence-corrected chi connectivity index (χ1v) is 11.6. The molecule has 5 rings (SSSR count). The maximum atomic E-state index is 12.9. The molecule has 1 saturated heterocycles. The molecule has 1 atom stereocenters. The Hall–Kier alpha value is -3.72. The van der Waals surface area contributed by atoms with Crippen molar-refractivity contribution in [2.75, 3.05) is 0 Å². The molecular weight excluding hydrogens is 440 g/mol. The van der Waals surface area contributed by atoms with Crippen LogP contribution in [0.1, 0.15) is 39.9 Å². The number of hydrogen-bond acceptors (Lipinski definition) is 5. The van der Waals surface area contributed by atoms with Crippen LogP contribution in [0.5, 0.6) is 0 Å². The van der Waals surface area contributed by atoms with E-state index in [2.05, 4.69) is 22.0 Å². The van der Waals surface area contributed by atoms with Crippen molar-refractivity contribution >= 4 is 45.2 Å². The number of carbonyl (C=O) groups excluding carboxylic acids is 4. The minimum absolute atomic E-state index is 0.224. The minimum atomic E-state index is -0.636. The number of carbonyl (C=O) groups is 4. The van der Waals surface area contributed by atoms with E-state index in [-0.39, 0.29) is 30.8 Å². The van der Waals surface area contributed by atoms with E-state index in [1.807, 2.05) is 35.7 Å². The Balaban J connectivity index is 1.19. The van der Waals surface area contributed by atoms with Crippen LogP contribution in [0.15, 0.2) is 47.8 Å². The van der Waals surface area contributed by atoms with Gasteiger partial charge in [0.15, 0.2) is 0 Å². The van der Waals surface area contributed by atoms with E-state index < -0.39 is 11.9 Å². The minimum Gasteiger partial charge on any atom is -0.334 e. The van der Waals surface area contributed by atoms with Crippen molar-refractivity contribution in [2.24, 2.45) is 0 Å². The van der Waals surface area contributed by atoms with E-state index in [0.29, 0.717) is 25.1 Å². The summed E-state index contributed by atoms with van der Waals surface area (Å²) >= 11 is 1.65. The quantitative estimate of drug-likeness (QED) is 0.507. The molecule has 0 radical (unpaired) electrons. The van der Waals surface area contributed by atoms with Crippen molar-refractivity contribution in [1.29, 1.82) is 0 Å². The van der Waals surface area contributed by atoms with Crippen molar-refractivity contribution in [3.63, 3.8) is 0 Å². The highest BCUT2D eigenvalue weighted by Crippen LogP contribution is 2.28. The Morgan fingerprint density at radius 1 is 1.09 bits per heavy atom. The van der Waals surface area contributed by atoms with Crippen molar-refractivity contribution in [3.05, 3.63) is 70.1 Å². The standard InChI is InChI=1S/C24H22N4O4S/c29-20-7-6-19(22(30)27-20)28-13-17-5-4-14(10-18(17)23(28)31)11-25-24(32)26-12-16-3-1-2-15-8-9-33-21(15)16/h1-5,8-10,19H,6-7,11-13H2,(H2,25,26,32)(H,27,29,30). The number of nitrogens with one attached hydrogen (secondary N) is 3. The lowest BCUT2D eigenvalue weighted by molar-refractivity contribution is -0.136.